The summed E-state index contributed by atoms with van der Waals surface area (Å²) in [6.07, 6.45) is 1.90. The molecule has 1 unspecified atom stereocenters. The van der Waals surface area contributed by atoms with Crippen molar-refractivity contribution >= 4 is 22.7 Å². The van der Waals surface area contributed by atoms with Gasteiger partial charge in [0.05, 0.1) is 32.9 Å². The van der Waals surface area contributed by atoms with Gasteiger partial charge in [-0.2, -0.15) is 4.98 Å². The van der Waals surface area contributed by atoms with Gasteiger partial charge in [-0.05, 0) is 36.1 Å². The molecule has 1 atom stereocenters. The Morgan fingerprint density at radius 3 is 2.48 bits per heavy atom. The lowest BCUT2D eigenvalue weighted by Gasteiger charge is -2.16. The first-order chi connectivity index (χ1) is 13.1. The molecule has 0 fully saturated rings. The van der Waals surface area contributed by atoms with Crippen LogP contribution in [0.5, 0.6) is 17.2 Å². The quantitative estimate of drug-likeness (QED) is 0.715. The number of benzene rings is 2. The van der Waals surface area contributed by atoms with Gasteiger partial charge in [0, 0.05) is 11.5 Å². The van der Waals surface area contributed by atoms with Crippen molar-refractivity contribution in [2.75, 3.05) is 32.4 Å². The molecular formula is C20H22N4O3. The molecule has 1 heterocycles. The average molecular weight is 366 g/mol. The second-order valence-corrected chi connectivity index (χ2v) is 6.42. The van der Waals surface area contributed by atoms with Crippen LogP contribution in [0.15, 0.2) is 30.3 Å². The Kier molecular flexibility index (Phi) is 4.35. The van der Waals surface area contributed by atoms with E-state index in [0.717, 1.165) is 24.0 Å². The van der Waals surface area contributed by atoms with Gasteiger partial charge in [0.15, 0.2) is 11.5 Å². The Morgan fingerprint density at radius 1 is 1.00 bits per heavy atom. The van der Waals surface area contributed by atoms with Gasteiger partial charge < -0.3 is 25.3 Å². The lowest BCUT2D eigenvalue weighted by atomic mass is 10.1. The van der Waals surface area contributed by atoms with Crippen molar-refractivity contribution in [2.24, 2.45) is 0 Å². The number of methoxy groups -OCH3 is 3. The summed E-state index contributed by atoms with van der Waals surface area (Å²) in [4.78, 5) is 9.07. The van der Waals surface area contributed by atoms with Gasteiger partial charge in [-0.25, -0.2) is 4.98 Å². The van der Waals surface area contributed by atoms with Crippen molar-refractivity contribution in [3.05, 3.63) is 41.5 Å². The highest BCUT2D eigenvalue weighted by Gasteiger charge is 2.26. The van der Waals surface area contributed by atoms with Crippen LogP contribution in [0, 0.1) is 0 Å². The zero-order valence-electron chi connectivity index (χ0n) is 15.6. The number of rotatable bonds is 5. The molecule has 7 heteroatoms. The van der Waals surface area contributed by atoms with Crippen molar-refractivity contribution in [3.63, 3.8) is 0 Å². The SMILES string of the molecule is COc1cc2nc(NC3CCc4c(OC)cccc43)nc(N)c2cc1OC. The van der Waals surface area contributed by atoms with Crippen LogP contribution in [0.3, 0.4) is 0 Å². The smallest absolute Gasteiger partial charge is 0.225 e. The molecule has 0 aliphatic heterocycles. The fourth-order valence-electron chi connectivity index (χ4n) is 3.66. The highest BCUT2D eigenvalue weighted by molar-refractivity contribution is 5.91. The summed E-state index contributed by atoms with van der Waals surface area (Å²) in [6.45, 7) is 0. The Bertz CT molecular complexity index is 1010. The number of fused-ring (bicyclic) bond motifs is 2. The minimum Gasteiger partial charge on any atom is -0.496 e. The maximum Gasteiger partial charge on any atom is 0.225 e. The summed E-state index contributed by atoms with van der Waals surface area (Å²) in [5.74, 6) is 3.01. The highest BCUT2D eigenvalue weighted by Crippen LogP contribution is 2.39. The van der Waals surface area contributed by atoms with Crippen LogP contribution < -0.4 is 25.3 Å². The minimum absolute atomic E-state index is 0.118. The Balaban J connectivity index is 1.70. The van der Waals surface area contributed by atoms with Crippen molar-refractivity contribution in [1.82, 2.24) is 9.97 Å². The number of nitrogens with zero attached hydrogens (tertiary/aromatic N) is 2. The van der Waals surface area contributed by atoms with Crippen LogP contribution in [0.4, 0.5) is 11.8 Å². The Labute approximate surface area is 157 Å². The molecule has 1 aliphatic rings. The molecule has 7 nitrogen and oxygen atoms in total. The van der Waals surface area contributed by atoms with E-state index in [1.54, 1.807) is 27.4 Å². The summed E-state index contributed by atoms with van der Waals surface area (Å²) in [5.41, 5.74) is 9.33. The van der Waals surface area contributed by atoms with E-state index in [-0.39, 0.29) is 6.04 Å². The summed E-state index contributed by atoms with van der Waals surface area (Å²) in [5, 5.41) is 4.15. The molecule has 140 valence electrons. The molecule has 2 aromatic carbocycles. The molecule has 0 saturated carbocycles. The molecule has 27 heavy (non-hydrogen) atoms. The average Bonchev–Trinajstić information content (AvgIpc) is 3.10. The Morgan fingerprint density at radius 2 is 1.74 bits per heavy atom. The summed E-state index contributed by atoms with van der Waals surface area (Å²) >= 11 is 0. The fourth-order valence-corrected chi connectivity index (χ4v) is 3.66. The molecule has 1 aliphatic carbocycles. The monoisotopic (exact) mass is 366 g/mol. The van der Waals surface area contributed by atoms with Crippen molar-refractivity contribution in [3.8, 4) is 17.2 Å². The summed E-state index contributed by atoms with van der Waals surface area (Å²) < 4.78 is 16.2. The third-order valence-corrected chi connectivity index (χ3v) is 4.98. The molecule has 3 N–H and O–H groups in total. The number of hydrogen-bond acceptors (Lipinski definition) is 7. The molecule has 0 radical (unpaired) electrons. The predicted molar refractivity (Wildman–Crippen MR) is 105 cm³/mol. The highest BCUT2D eigenvalue weighted by atomic mass is 16.5. The second-order valence-electron chi connectivity index (χ2n) is 6.42. The largest absolute Gasteiger partial charge is 0.496 e. The van der Waals surface area contributed by atoms with E-state index < -0.39 is 0 Å². The van der Waals surface area contributed by atoms with E-state index in [2.05, 4.69) is 21.4 Å². The topological polar surface area (TPSA) is 91.5 Å². The number of hydrogen-bond donors (Lipinski definition) is 2. The minimum atomic E-state index is 0.118. The maximum atomic E-state index is 6.18. The van der Waals surface area contributed by atoms with E-state index in [4.69, 9.17) is 19.9 Å². The molecule has 0 bridgehead atoms. The van der Waals surface area contributed by atoms with E-state index in [1.807, 2.05) is 18.2 Å². The van der Waals surface area contributed by atoms with Gasteiger partial charge in [0.25, 0.3) is 0 Å². The normalized spacial score (nSPS) is 15.4. The van der Waals surface area contributed by atoms with Crippen LogP contribution in [0.25, 0.3) is 10.9 Å². The van der Waals surface area contributed by atoms with E-state index in [0.29, 0.717) is 28.8 Å². The van der Waals surface area contributed by atoms with Gasteiger partial charge in [-0.1, -0.05) is 12.1 Å². The molecule has 1 aromatic heterocycles. The predicted octanol–water partition coefficient (Wildman–Crippen LogP) is 3.34. The van der Waals surface area contributed by atoms with Crippen molar-refractivity contribution < 1.29 is 14.2 Å². The number of aromatic nitrogens is 2. The zero-order chi connectivity index (χ0) is 19.0. The molecule has 0 spiro atoms. The lowest BCUT2D eigenvalue weighted by molar-refractivity contribution is 0.356. The van der Waals surface area contributed by atoms with Crippen LogP contribution in [-0.4, -0.2) is 31.3 Å². The summed E-state index contributed by atoms with van der Waals surface area (Å²) in [7, 11) is 4.88. The molecular weight excluding hydrogens is 344 g/mol. The molecule has 0 saturated heterocycles. The second kappa shape index (κ2) is 6.83. The molecule has 4 rings (SSSR count). The third-order valence-electron chi connectivity index (χ3n) is 4.98. The van der Waals surface area contributed by atoms with E-state index in [9.17, 15) is 0 Å². The van der Waals surface area contributed by atoms with Gasteiger partial charge in [0.2, 0.25) is 5.95 Å². The standard InChI is InChI=1S/C20H22N4O3/c1-25-16-6-4-5-11-12(16)7-8-14(11)22-20-23-15-10-18(27-3)17(26-2)9-13(15)19(21)24-20/h4-6,9-10,14H,7-8H2,1-3H3,(H3,21,22,23,24). The third kappa shape index (κ3) is 2.95. The van der Waals surface area contributed by atoms with Crippen LogP contribution in [0.2, 0.25) is 0 Å². The number of nitrogen functional groups attached to an aromatic ring is 1. The van der Waals surface area contributed by atoms with Crippen LogP contribution in [-0.2, 0) is 6.42 Å². The van der Waals surface area contributed by atoms with Gasteiger partial charge in [0.1, 0.15) is 11.6 Å². The number of ether oxygens (including phenoxy) is 3. The maximum absolute atomic E-state index is 6.18. The van der Waals surface area contributed by atoms with Crippen molar-refractivity contribution in [1.29, 1.82) is 0 Å². The Hall–Kier alpha value is -3.22. The van der Waals surface area contributed by atoms with Crippen molar-refractivity contribution in [2.45, 2.75) is 18.9 Å². The zero-order valence-corrected chi connectivity index (χ0v) is 15.6. The molecule has 3 aromatic rings. The number of nitrogens with two attached hydrogens (primary N) is 1. The summed E-state index contributed by atoms with van der Waals surface area (Å²) in [6, 6.07) is 9.83. The first kappa shape index (κ1) is 17.2. The van der Waals surface area contributed by atoms with Crippen LogP contribution >= 0.6 is 0 Å². The lowest BCUT2D eigenvalue weighted by Crippen LogP contribution is -2.11. The first-order valence-electron chi connectivity index (χ1n) is 8.76. The van der Waals surface area contributed by atoms with Gasteiger partial charge in [-0.3, -0.25) is 0 Å². The first-order valence-corrected chi connectivity index (χ1v) is 8.76. The van der Waals surface area contributed by atoms with Gasteiger partial charge in [-0.15, -0.1) is 0 Å². The number of anilines is 2. The molecule has 0 amide bonds. The number of nitrogens with one attached hydrogen (secondary N) is 1. The fraction of sp³-hybridized carbons (Fsp3) is 0.300. The van der Waals surface area contributed by atoms with Crippen LogP contribution in [0.1, 0.15) is 23.6 Å². The van der Waals surface area contributed by atoms with E-state index in [1.165, 1.54) is 11.1 Å². The van der Waals surface area contributed by atoms with Gasteiger partial charge >= 0.3 is 0 Å². The van der Waals surface area contributed by atoms with E-state index >= 15 is 0 Å².